The maximum Gasteiger partial charge on any atom is 0.264 e. The van der Waals surface area contributed by atoms with Crippen LogP contribution in [-0.4, -0.2) is 51.1 Å². The molecule has 1 amide bonds. The van der Waals surface area contributed by atoms with Crippen molar-refractivity contribution in [3.8, 4) is 0 Å². The number of amides is 1. The average Bonchev–Trinajstić information content (AvgIpc) is 2.66. The number of hydrogen-bond donors (Lipinski definition) is 1. The van der Waals surface area contributed by atoms with Gasteiger partial charge in [0.25, 0.3) is 15.9 Å². The maximum absolute atomic E-state index is 13.2. The molecule has 0 fully saturated rings. The number of likely N-dealkylation sites (N-methyl/N-ethyl adjacent to an activating group) is 1. The number of carbonyl (C=O) groups is 1. The van der Waals surface area contributed by atoms with E-state index in [-0.39, 0.29) is 41.1 Å². The summed E-state index contributed by atoms with van der Waals surface area (Å²) in [5.74, 6) is -0.380. The van der Waals surface area contributed by atoms with E-state index in [2.05, 4.69) is 6.58 Å². The number of anilines is 1. The number of rotatable bonds is 8. The van der Waals surface area contributed by atoms with Gasteiger partial charge in [-0.05, 0) is 30.3 Å². The molecule has 2 aromatic carbocycles. The van der Waals surface area contributed by atoms with Crippen molar-refractivity contribution in [2.45, 2.75) is 4.90 Å². The molecule has 1 N–H and O–H groups in total. The van der Waals surface area contributed by atoms with Gasteiger partial charge in [-0.2, -0.15) is 0 Å². The van der Waals surface area contributed by atoms with E-state index < -0.39 is 10.0 Å². The first kappa shape index (κ1) is 21.0. The molecule has 0 radical (unpaired) electrons. The van der Waals surface area contributed by atoms with Gasteiger partial charge in [0.05, 0.1) is 28.8 Å². The molecule has 6 nitrogen and oxygen atoms in total. The predicted molar refractivity (Wildman–Crippen MR) is 107 cm³/mol. The molecule has 0 spiro atoms. The molecule has 0 unspecified atom stereocenters. The molecule has 0 heterocycles. The van der Waals surface area contributed by atoms with E-state index in [0.717, 1.165) is 4.31 Å². The van der Waals surface area contributed by atoms with Gasteiger partial charge >= 0.3 is 0 Å². The summed E-state index contributed by atoms with van der Waals surface area (Å²) in [4.78, 5) is 13.7. The number of aliphatic hydroxyl groups excluding tert-OH is 1. The molecule has 2 aromatic rings. The second kappa shape index (κ2) is 9.03. The molecule has 8 heteroatoms. The molecule has 0 aliphatic carbocycles. The molecule has 27 heavy (non-hydrogen) atoms. The fraction of sp³-hybridized carbons (Fsp3) is 0.211. The van der Waals surface area contributed by atoms with Crippen LogP contribution in [0.2, 0.25) is 5.02 Å². The Bertz CT molecular complexity index is 931. The van der Waals surface area contributed by atoms with Crippen LogP contribution in [0.5, 0.6) is 0 Å². The van der Waals surface area contributed by atoms with Gasteiger partial charge in [0.1, 0.15) is 0 Å². The van der Waals surface area contributed by atoms with Crippen molar-refractivity contribution >= 4 is 33.2 Å². The SMILES string of the molecule is C=CCN(c1ccccc1Cl)S(=O)(=O)c1cccc(C(=O)N(C)CCO)c1. The van der Waals surface area contributed by atoms with E-state index in [9.17, 15) is 13.2 Å². The van der Waals surface area contributed by atoms with E-state index in [1.807, 2.05) is 0 Å². The van der Waals surface area contributed by atoms with Gasteiger partial charge in [-0.15, -0.1) is 6.58 Å². The summed E-state index contributed by atoms with van der Waals surface area (Å²) in [5, 5.41) is 9.27. The molecular weight excluding hydrogens is 388 g/mol. The van der Waals surface area contributed by atoms with Crippen molar-refractivity contribution in [3.05, 3.63) is 71.8 Å². The summed E-state index contributed by atoms with van der Waals surface area (Å²) in [6.07, 6.45) is 1.46. The molecule has 0 aliphatic heterocycles. The van der Waals surface area contributed by atoms with Gasteiger partial charge in [-0.3, -0.25) is 9.10 Å². The largest absolute Gasteiger partial charge is 0.395 e. The highest BCUT2D eigenvalue weighted by atomic mass is 35.5. The molecule has 0 bridgehead atoms. The maximum atomic E-state index is 13.2. The second-order valence-corrected chi connectivity index (χ2v) is 8.02. The van der Waals surface area contributed by atoms with Crippen molar-refractivity contribution in [2.24, 2.45) is 0 Å². The lowest BCUT2D eigenvalue weighted by atomic mass is 10.2. The normalized spacial score (nSPS) is 11.1. The first-order valence-corrected chi connectivity index (χ1v) is 9.99. The molecule has 0 atom stereocenters. The van der Waals surface area contributed by atoms with Gasteiger partial charge < -0.3 is 10.0 Å². The predicted octanol–water partition coefficient (Wildman–Crippen LogP) is 2.79. The summed E-state index contributed by atoms with van der Waals surface area (Å²) >= 11 is 6.18. The zero-order valence-corrected chi connectivity index (χ0v) is 16.4. The highest BCUT2D eigenvalue weighted by Gasteiger charge is 2.26. The van der Waals surface area contributed by atoms with Crippen LogP contribution in [0.3, 0.4) is 0 Å². The number of halogens is 1. The molecule has 2 rings (SSSR count). The van der Waals surface area contributed by atoms with E-state index in [1.54, 1.807) is 24.3 Å². The van der Waals surface area contributed by atoms with Gasteiger partial charge in [0, 0.05) is 19.2 Å². The van der Waals surface area contributed by atoms with Crippen LogP contribution in [0.15, 0.2) is 66.1 Å². The van der Waals surface area contributed by atoms with Crippen molar-refractivity contribution in [1.82, 2.24) is 4.90 Å². The molecule has 0 saturated carbocycles. The summed E-state index contributed by atoms with van der Waals surface area (Å²) < 4.78 is 27.5. The monoisotopic (exact) mass is 408 g/mol. The topological polar surface area (TPSA) is 77.9 Å². The minimum atomic E-state index is -3.98. The van der Waals surface area contributed by atoms with Crippen molar-refractivity contribution in [2.75, 3.05) is 31.0 Å². The number of para-hydroxylation sites is 1. The Morgan fingerprint density at radius 2 is 1.93 bits per heavy atom. The number of carbonyl (C=O) groups excluding carboxylic acids is 1. The summed E-state index contributed by atoms with van der Waals surface area (Å²) in [7, 11) is -2.44. The fourth-order valence-corrected chi connectivity index (χ4v) is 4.27. The van der Waals surface area contributed by atoms with Crippen molar-refractivity contribution < 1.29 is 18.3 Å². The second-order valence-electron chi connectivity index (χ2n) is 5.75. The van der Waals surface area contributed by atoms with E-state index >= 15 is 0 Å². The van der Waals surface area contributed by atoms with Crippen LogP contribution in [0, 0.1) is 0 Å². The Morgan fingerprint density at radius 3 is 2.56 bits per heavy atom. The quantitative estimate of drug-likeness (QED) is 0.681. The Hall–Kier alpha value is -2.35. The molecule has 144 valence electrons. The highest BCUT2D eigenvalue weighted by Crippen LogP contribution is 2.30. The minimum absolute atomic E-state index is 0.0225. The Balaban J connectivity index is 2.48. The van der Waals surface area contributed by atoms with Crippen LogP contribution in [0.4, 0.5) is 5.69 Å². The Morgan fingerprint density at radius 1 is 1.22 bits per heavy atom. The van der Waals surface area contributed by atoms with Gasteiger partial charge in [0.2, 0.25) is 0 Å². The summed E-state index contributed by atoms with van der Waals surface area (Å²) in [6.45, 7) is 3.61. The number of nitrogens with zero attached hydrogens (tertiary/aromatic N) is 2. The zero-order chi connectivity index (χ0) is 20.0. The van der Waals surface area contributed by atoms with Crippen LogP contribution in [0.25, 0.3) is 0 Å². The third-order valence-electron chi connectivity index (χ3n) is 3.87. The number of benzene rings is 2. The van der Waals surface area contributed by atoms with Crippen LogP contribution < -0.4 is 4.31 Å². The first-order chi connectivity index (χ1) is 12.8. The standard InChI is InChI=1S/C19H21ClN2O4S/c1-3-11-22(18-10-5-4-9-17(18)20)27(25,26)16-8-6-7-15(14-16)19(24)21(2)12-13-23/h3-10,14,23H,1,11-13H2,2H3. The van der Waals surface area contributed by atoms with E-state index in [4.69, 9.17) is 16.7 Å². The summed E-state index contributed by atoms with van der Waals surface area (Å²) in [6, 6.07) is 12.4. The fourth-order valence-electron chi connectivity index (χ4n) is 2.49. The van der Waals surface area contributed by atoms with Gasteiger partial charge in [-0.1, -0.05) is 35.9 Å². The summed E-state index contributed by atoms with van der Waals surface area (Å²) in [5.41, 5.74) is 0.540. The molecule has 0 aliphatic rings. The average molecular weight is 409 g/mol. The first-order valence-electron chi connectivity index (χ1n) is 8.17. The van der Waals surface area contributed by atoms with Gasteiger partial charge in [-0.25, -0.2) is 8.42 Å². The molecule has 0 saturated heterocycles. The van der Waals surface area contributed by atoms with Crippen LogP contribution in [0.1, 0.15) is 10.4 Å². The molecule has 0 aromatic heterocycles. The minimum Gasteiger partial charge on any atom is -0.395 e. The third kappa shape index (κ3) is 4.68. The Labute approximate surface area is 164 Å². The lowest BCUT2D eigenvalue weighted by molar-refractivity contribution is 0.0766. The van der Waals surface area contributed by atoms with Crippen molar-refractivity contribution in [3.63, 3.8) is 0 Å². The third-order valence-corrected chi connectivity index (χ3v) is 5.96. The van der Waals surface area contributed by atoms with Gasteiger partial charge in [0.15, 0.2) is 0 Å². The highest BCUT2D eigenvalue weighted by molar-refractivity contribution is 7.92. The Kier molecular flexibility index (Phi) is 7.01. The molecular formula is C19H21ClN2O4S. The smallest absolute Gasteiger partial charge is 0.264 e. The number of sulfonamides is 1. The number of aliphatic hydroxyl groups is 1. The lowest BCUT2D eigenvalue weighted by Gasteiger charge is -2.24. The zero-order valence-electron chi connectivity index (χ0n) is 14.9. The van der Waals surface area contributed by atoms with Crippen LogP contribution >= 0.6 is 11.6 Å². The van der Waals surface area contributed by atoms with Crippen LogP contribution in [-0.2, 0) is 10.0 Å². The van der Waals surface area contributed by atoms with E-state index in [0.29, 0.717) is 5.69 Å². The van der Waals surface area contributed by atoms with Crippen molar-refractivity contribution in [1.29, 1.82) is 0 Å². The van der Waals surface area contributed by atoms with E-state index in [1.165, 1.54) is 42.3 Å². The lowest BCUT2D eigenvalue weighted by Crippen LogP contribution is -2.32. The number of hydrogen-bond acceptors (Lipinski definition) is 4.